The zero-order chi connectivity index (χ0) is 14.7. The predicted molar refractivity (Wildman–Crippen MR) is 82.7 cm³/mol. The lowest BCUT2D eigenvalue weighted by Gasteiger charge is -2.21. The number of anilines is 1. The molecule has 1 aromatic carbocycles. The van der Waals surface area contributed by atoms with Gasteiger partial charge in [0.2, 0.25) is 0 Å². The smallest absolute Gasteiger partial charge is 0.102 e. The van der Waals surface area contributed by atoms with E-state index in [0.29, 0.717) is 6.04 Å². The van der Waals surface area contributed by atoms with Gasteiger partial charge in [-0.2, -0.15) is 0 Å². The van der Waals surface area contributed by atoms with Crippen molar-refractivity contribution in [3.8, 4) is 0 Å². The van der Waals surface area contributed by atoms with Crippen LogP contribution in [-0.2, 0) is 9.47 Å². The summed E-state index contributed by atoms with van der Waals surface area (Å²) in [5.74, 6) is 0. The highest BCUT2D eigenvalue weighted by Gasteiger charge is 2.33. The second-order valence-corrected chi connectivity index (χ2v) is 5.58. The molecule has 1 aliphatic rings. The molecule has 1 N–H and O–H groups in total. The van der Waals surface area contributed by atoms with Crippen LogP contribution in [0.2, 0.25) is 5.02 Å². The van der Waals surface area contributed by atoms with Crippen LogP contribution in [0.4, 0.5) is 5.69 Å². The highest BCUT2D eigenvalue weighted by molar-refractivity contribution is 6.33. The average Bonchev–Trinajstić information content (AvgIpc) is 2.89. The molecule has 5 heteroatoms. The van der Waals surface area contributed by atoms with Crippen molar-refractivity contribution in [2.24, 2.45) is 0 Å². The van der Waals surface area contributed by atoms with Crippen LogP contribution in [-0.4, -0.2) is 46.6 Å². The molecular formula is C15H23ClN2O2. The predicted octanol–water partition coefficient (Wildman–Crippen LogP) is 2.47. The maximum absolute atomic E-state index is 6.44. The van der Waals surface area contributed by atoms with Crippen molar-refractivity contribution in [1.29, 1.82) is 0 Å². The third-order valence-corrected chi connectivity index (χ3v) is 4.37. The topological polar surface area (TPSA) is 33.7 Å². The van der Waals surface area contributed by atoms with Gasteiger partial charge in [0.1, 0.15) is 12.2 Å². The first kappa shape index (κ1) is 15.6. The standard InChI is InChI=1S/C15H23ClN2O2/c1-10(17-2)11-5-6-13(12(16)7-11)18-8-14(19-3)15(9-18)20-4/h5-7,10,14-15,17H,8-9H2,1-4H3. The van der Waals surface area contributed by atoms with Gasteiger partial charge >= 0.3 is 0 Å². The molecule has 3 unspecified atom stereocenters. The molecule has 0 aromatic heterocycles. The van der Waals surface area contributed by atoms with Crippen molar-refractivity contribution in [3.63, 3.8) is 0 Å². The van der Waals surface area contributed by atoms with Gasteiger partial charge < -0.3 is 19.7 Å². The lowest BCUT2D eigenvalue weighted by Crippen LogP contribution is -2.27. The Morgan fingerprint density at radius 2 is 1.85 bits per heavy atom. The minimum absolute atomic E-state index is 0.0898. The van der Waals surface area contributed by atoms with E-state index < -0.39 is 0 Å². The Kier molecular flexibility index (Phi) is 5.27. The summed E-state index contributed by atoms with van der Waals surface area (Å²) in [6.07, 6.45) is 0.180. The third-order valence-electron chi connectivity index (χ3n) is 4.07. The minimum Gasteiger partial charge on any atom is -0.377 e. The van der Waals surface area contributed by atoms with E-state index in [9.17, 15) is 0 Å². The van der Waals surface area contributed by atoms with E-state index in [-0.39, 0.29) is 12.2 Å². The van der Waals surface area contributed by atoms with E-state index >= 15 is 0 Å². The summed E-state index contributed by atoms with van der Waals surface area (Å²) in [6.45, 7) is 3.72. The molecule has 1 heterocycles. The highest BCUT2D eigenvalue weighted by Crippen LogP contribution is 2.32. The van der Waals surface area contributed by atoms with Crippen molar-refractivity contribution < 1.29 is 9.47 Å². The molecule has 112 valence electrons. The van der Waals surface area contributed by atoms with Crippen LogP contribution in [0.3, 0.4) is 0 Å². The summed E-state index contributed by atoms with van der Waals surface area (Å²) >= 11 is 6.44. The van der Waals surface area contributed by atoms with Crippen LogP contribution >= 0.6 is 11.6 Å². The number of methoxy groups -OCH3 is 2. The van der Waals surface area contributed by atoms with Gasteiger partial charge in [0.05, 0.1) is 10.7 Å². The number of halogens is 1. The van der Waals surface area contributed by atoms with Gasteiger partial charge in [-0.1, -0.05) is 17.7 Å². The summed E-state index contributed by atoms with van der Waals surface area (Å²) in [5, 5.41) is 3.99. The lowest BCUT2D eigenvalue weighted by molar-refractivity contribution is -0.00461. The second-order valence-electron chi connectivity index (χ2n) is 5.17. The van der Waals surface area contributed by atoms with E-state index in [2.05, 4.69) is 29.3 Å². The maximum atomic E-state index is 6.44. The summed E-state index contributed by atoms with van der Waals surface area (Å²) in [7, 11) is 5.39. The Hall–Kier alpha value is -0.810. The molecule has 0 bridgehead atoms. The SMILES string of the molecule is CNC(C)c1ccc(N2CC(OC)C(OC)C2)c(Cl)c1. The molecular weight excluding hydrogens is 276 g/mol. The number of nitrogens with zero attached hydrogens (tertiary/aromatic N) is 1. The number of hydrogen-bond donors (Lipinski definition) is 1. The summed E-state index contributed by atoms with van der Waals surface area (Å²) in [4.78, 5) is 2.22. The van der Waals surface area contributed by atoms with E-state index in [1.165, 1.54) is 5.56 Å². The molecule has 0 aliphatic carbocycles. The van der Waals surface area contributed by atoms with Crippen LogP contribution < -0.4 is 10.2 Å². The lowest BCUT2D eigenvalue weighted by atomic mass is 10.1. The van der Waals surface area contributed by atoms with Crippen LogP contribution in [0.15, 0.2) is 18.2 Å². The Labute approximate surface area is 126 Å². The van der Waals surface area contributed by atoms with Crippen molar-refractivity contribution in [2.45, 2.75) is 25.2 Å². The van der Waals surface area contributed by atoms with Crippen molar-refractivity contribution in [1.82, 2.24) is 5.32 Å². The molecule has 0 radical (unpaired) electrons. The van der Waals surface area contributed by atoms with Gasteiger partial charge in [0.25, 0.3) is 0 Å². The van der Waals surface area contributed by atoms with Gasteiger partial charge in [0, 0.05) is 33.4 Å². The number of ether oxygens (including phenoxy) is 2. The molecule has 0 amide bonds. The van der Waals surface area contributed by atoms with Gasteiger partial charge in [-0.15, -0.1) is 0 Å². The summed E-state index contributed by atoms with van der Waals surface area (Å²) < 4.78 is 10.9. The van der Waals surface area contributed by atoms with Crippen molar-refractivity contribution >= 4 is 17.3 Å². The Morgan fingerprint density at radius 3 is 2.30 bits per heavy atom. The minimum atomic E-state index is 0.0898. The Morgan fingerprint density at radius 1 is 1.25 bits per heavy atom. The fraction of sp³-hybridized carbons (Fsp3) is 0.600. The highest BCUT2D eigenvalue weighted by atomic mass is 35.5. The first-order valence-electron chi connectivity index (χ1n) is 6.88. The summed E-state index contributed by atoms with van der Waals surface area (Å²) in [6, 6.07) is 6.51. The third kappa shape index (κ3) is 3.09. The van der Waals surface area contributed by atoms with Crippen LogP contribution in [0.5, 0.6) is 0 Å². The molecule has 1 fully saturated rings. The zero-order valence-corrected chi connectivity index (χ0v) is 13.3. The normalized spacial score (nSPS) is 24.1. The largest absolute Gasteiger partial charge is 0.377 e. The molecule has 2 rings (SSSR count). The molecule has 3 atom stereocenters. The first-order chi connectivity index (χ1) is 9.60. The van der Waals surface area contributed by atoms with Crippen LogP contribution in [0, 0.1) is 0 Å². The second kappa shape index (κ2) is 6.76. The van der Waals surface area contributed by atoms with Gasteiger partial charge in [-0.3, -0.25) is 0 Å². The van der Waals surface area contributed by atoms with E-state index in [1.54, 1.807) is 14.2 Å². The van der Waals surface area contributed by atoms with Crippen LogP contribution in [0.1, 0.15) is 18.5 Å². The molecule has 0 saturated carbocycles. The Bertz CT molecular complexity index is 443. The molecule has 1 aromatic rings. The molecule has 1 aliphatic heterocycles. The van der Waals surface area contributed by atoms with Crippen molar-refractivity contribution in [3.05, 3.63) is 28.8 Å². The molecule has 1 saturated heterocycles. The average molecular weight is 299 g/mol. The zero-order valence-electron chi connectivity index (χ0n) is 12.5. The number of benzene rings is 1. The monoisotopic (exact) mass is 298 g/mol. The fourth-order valence-corrected chi connectivity index (χ4v) is 2.92. The van der Waals surface area contributed by atoms with Gasteiger partial charge in [-0.25, -0.2) is 0 Å². The molecule has 20 heavy (non-hydrogen) atoms. The van der Waals surface area contributed by atoms with Gasteiger partial charge in [-0.05, 0) is 31.7 Å². The Balaban J connectivity index is 2.18. The van der Waals surface area contributed by atoms with Crippen molar-refractivity contribution in [2.75, 3.05) is 39.3 Å². The van der Waals surface area contributed by atoms with E-state index in [0.717, 1.165) is 23.8 Å². The quantitative estimate of drug-likeness (QED) is 0.905. The first-order valence-corrected chi connectivity index (χ1v) is 7.25. The number of rotatable bonds is 5. The fourth-order valence-electron chi connectivity index (χ4n) is 2.61. The molecule has 0 spiro atoms. The van der Waals surface area contributed by atoms with E-state index in [4.69, 9.17) is 21.1 Å². The molecule has 4 nitrogen and oxygen atoms in total. The maximum Gasteiger partial charge on any atom is 0.102 e. The number of nitrogens with one attached hydrogen (secondary N) is 1. The van der Waals surface area contributed by atoms with E-state index in [1.807, 2.05) is 13.1 Å². The summed E-state index contributed by atoms with van der Waals surface area (Å²) in [5.41, 5.74) is 2.23. The number of hydrogen-bond acceptors (Lipinski definition) is 4. The van der Waals surface area contributed by atoms with Gasteiger partial charge in [0.15, 0.2) is 0 Å². The van der Waals surface area contributed by atoms with Crippen LogP contribution in [0.25, 0.3) is 0 Å².